The minimum atomic E-state index is -3.58. The van der Waals surface area contributed by atoms with Crippen molar-refractivity contribution in [2.24, 2.45) is 0 Å². The van der Waals surface area contributed by atoms with E-state index in [1.54, 1.807) is 19.1 Å². The normalized spacial score (nSPS) is 14.7. The minimum Gasteiger partial charge on any atom is -0.355 e. The molecule has 1 aliphatic rings. The largest absolute Gasteiger partial charge is 0.355 e. The second-order valence-electron chi connectivity index (χ2n) is 7.76. The van der Waals surface area contributed by atoms with E-state index in [1.807, 2.05) is 30.3 Å². The van der Waals surface area contributed by atoms with Crippen molar-refractivity contribution in [3.8, 4) is 0 Å². The van der Waals surface area contributed by atoms with Gasteiger partial charge in [-0.15, -0.1) is 0 Å². The summed E-state index contributed by atoms with van der Waals surface area (Å²) in [6.07, 6.45) is 3.14. The van der Waals surface area contributed by atoms with Gasteiger partial charge in [0.2, 0.25) is 21.8 Å². The molecule has 1 heterocycles. The SMILES string of the molecule is Cc1ccc(NC(=O)CCNC(=O)Cc2ccccc2)cc1S(=O)(=O)N1CCCCC1. The fourth-order valence-electron chi connectivity index (χ4n) is 3.58. The van der Waals surface area contributed by atoms with Gasteiger partial charge in [-0.2, -0.15) is 4.31 Å². The number of nitrogens with one attached hydrogen (secondary N) is 2. The zero-order chi connectivity index (χ0) is 22.3. The van der Waals surface area contributed by atoms with Crippen LogP contribution < -0.4 is 10.6 Å². The van der Waals surface area contributed by atoms with Gasteiger partial charge in [0.05, 0.1) is 11.3 Å². The number of aryl methyl sites for hydroxylation is 1. The van der Waals surface area contributed by atoms with Gasteiger partial charge in [0.15, 0.2) is 0 Å². The molecule has 0 saturated carbocycles. The molecule has 2 amide bonds. The first-order valence-electron chi connectivity index (χ1n) is 10.6. The summed E-state index contributed by atoms with van der Waals surface area (Å²) in [6, 6.07) is 14.3. The minimum absolute atomic E-state index is 0.0998. The molecule has 1 saturated heterocycles. The van der Waals surface area contributed by atoms with Gasteiger partial charge in [-0.25, -0.2) is 8.42 Å². The van der Waals surface area contributed by atoms with E-state index in [0.29, 0.717) is 24.3 Å². The first kappa shape index (κ1) is 23.0. The Labute approximate surface area is 183 Å². The zero-order valence-corrected chi connectivity index (χ0v) is 18.6. The molecular formula is C23H29N3O4S. The number of nitrogens with zero attached hydrogens (tertiary/aromatic N) is 1. The molecule has 7 nitrogen and oxygen atoms in total. The van der Waals surface area contributed by atoms with Crippen LogP contribution >= 0.6 is 0 Å². The van der Waals surface area contributed by atoms with Crippen LogP contribution in [0.2, 0.25) is 0 Å². The van der Waals surface area contributed by atoms with E-state index < -0.39 is 10.0 Å². The summed E-state index contributed by atoms with van der Waals surface area (Å²) in [5.74, 6) is -0.436. The van der Waals surface area contributed by atoms with E-state index in [1.165, 1.54) is 10.4 Å². The molecule has 2 aromatic rings. The van der Waals surface area contributed by atoms with Crippen LogP contribution in [0.4, 0.5) is 5.69 Å². The van der Waals surface area contributed by atoms with Gasteiger partial charge in [0.1, 0.15) is 0 Å². The summed E-state index contributed by atoms with van der Waals surface area (Å²) in [6.45, 7) is 3.02. The Morgan fingerprint density at radius 2 is 1.68 bits per heavy atom. The van der Waals surface area contributed by atoms with Gasteiger partial charge in [-0.1, -0.05) is 42.8 Å². The molecule has 0 spiro atoms. The van der Waals surface area contributed by atoms with E-state index >= 15 is 0 Å². The fourth-order valence-corrected chi connectivity index (χ4v) is 5.35. The molecule has 2 aromatic carbocycles. The van der Waals surface area contributed by atoms with Crippen molar-refractivity contribution < 1.29 is 18.0 Å². The smallest absolute Gasteiger partial charge is 0.243 e. The molecule has 0 bridgehead atoms. The third-order valence-electron chi connectivity index (χ3n) is 5.29. The highest BCUT2D eigenvalue weighted by molar-refractivity contribution is 7.89. The molecular weight excluding hydrogens is 414 g/mol. The fraction of sp³-hybridized carbons (Fsp3) is 0.391. The maximum absolute atomic E-state index is 13.0. The average Bonchev–Trinajstić information content (AvgIpc) is 2.76. The molecule has 31 heavy (non-hydrogen) atoms. The van der Waals surface area contributed by atoms with Crippen LogP contribution in [0.1, 0.15) is 36.8 Å². The molecule has 8 heteroatoms. The second-order valence-corrected chi connectivity index (χ2v) is 9.66. The monoisotopic (exact) mass is 443 g/mol. The van der Waals surface area contributed by atoms with Gasteiger partial charge < -0.3 is 10.6 Å². The lowest BCUT2D eigenvalue weighted by molar-refractivity contribution is -0.120. The first-order chi connectivity index (χ1) is 14.9. The number of carbonyl (C=O) groups excluding carboxylic acids is 2. The van der Waals surface area contributed by atoms with Crippen molar-refractivity contribution in [3.63, 3.8) is 0 Å². The zero-order valence-electron chi connectivity index (χ0n) is 17.8. The molecule has 166 valence electrons. The summed E-state index contributed by atoms with van der Waals surface area (Å²) in [5, 5.41) is 5.47. The highest BCUT2D eigenvalue weighted by atomic mass is 32.2. The molecule has 1 aliphatic heterocycles. The van der Waals surface area contributed by atoms with Crippen LogP contribution in [0.25, 0.3) is 0 Å². The third-order valence-corrected chi connectivity index (χ3v) is 7.33. The van der Waals surface area contributed by atoms with E-state index in [0.717, 1.165) is 24.8 Å². The van der Waals surface area contributed by atoms with Crippen molar-refractivity contribution in [1.29, 1.82) is 0 Å². The quantitative estimate of drug-likeness (QED) is 0.656. The number of piperidine rings is 1. The van der Waals surface area contributed by atoms with Crippen molar-refractivity contribution in [2.75, 3.05) is 25.0 Å². The number of hydrogen-bond donors (Lipinski definition) is 2. The van der Waals surface area contributed by atoms with Gasteiger partial charge in [-0.3, -0.25) is 9.59 Å². The molecule has 3 rings (SSSR count). The first-order valence-corrected chi connectivity index (χ1v) is 12.0. The molecule has 0 atom stereocenters. The number of sulfonamides is 1. The molecule has 2 N–H and O–H groups in total. The number of rotatable bonds is 8. The predicted octanol–water partition coefficient (Wildman–Crippen LogP) is 2.86. The van der Waals surface area contributed by atoms with Crippen LogP contribution in [0.3, 0.4) is 0 Å². The lowest BCUT2D eigenvalue weighted by atomic mass is 10.1. The summed E-state index contributed by atoms with van der Waals surface area (Å²) in [5.41, 5.74) is 1.99. The average molecular weight is 444 g/mol. The van der Waals surface area contributed by atoms with Gasteiger partial charge >= 0.3 is 0 Å². The molecule has 1 fully saturated rings. The van der Waals surface area contributed by atoms with Crippen LogP contribution in [0.15, 0.2) is 53.4 Å². The Morgan fingerprint density at radius 3 is 2.39 bits per heavy atom. The number of hydrogen-bond acceptors (Lipinski definition) is 4. The topological polar surface area (TPSA) is 95.6 Å². The lowest BCUT2D eigenvalue weighted by Crippen LogP contribution is -2.36. The number of amides is 2. The molecule has 0 radical (unpaired) electrons. The van der Waals surface area contributed by atoms with Crippen LogP contribution in [-0.4, -0.2) is 44.2 Å². The third kappa shape index (κ3) is 6.38. The maximum Gasteiger partial charge on any atom is 0.243 e. The van der Waals surface area contributed by atoms with Gasteiger partial charge in [-0.05, 0) is 43.0 Å². The standard InChI is InChI=1S/C23H29N3O4S/c1-18-10-11-20(17-21(18)31(29,30)26-14-6-3-7-15-26)25-22(27)12-13-24-23(28)16-19-8-4-2-5-9-19/h2,4-5,8-11,17H,3,6-7,12-16H2,1H3,(H,24,28)(H,25,27). The summed E-state index contributed by atoms with van der Waals surface area (Å²) in [7, 11) is -3.58. The van der Waals surface area contributed by atoms with Crippen molar-refractivity contribution in [2.45, 2.75) is 43.9 Å². The lowest BCUT2D eigenvalue weighted by Gasteiger charge is -2.26. The molecule has 0 unspecified atom stereocenters. The maximum atomic E-state index is 13.0. The predicted molar refractivity (Wildman–Crippen MR) is 120 cm³/mol. The highest BCUT2D eigenvalue weighted by Gasteiger charge is 2.27. The summed E-state index contributed by atoms with van der Waals surface area (Å²) < 4.78 is 27.5. The van der Waals surface area contributed by atoms with Gasteiger partial charge in [0, 0.05) is 31.7 Å². The summed E-state index contributed by atoms with van der Waals surface area (Å²) >= 11 is 0. The van der Waals surface area contributed by atoms with Crippen LogP contribution in [0, 0.1) is 6.92 Å². The Balaban J connectivity index is 1.54. The Kier molecular flexibility index (Phi) is 7.81. The Bertz CT molecular complexity index is 1020. The summed E-state index contributed by atoms with van der Waals surface area (Å²) in [4.78, 5) is 24.5. The number of carbonyl (C=O) groups is 2. The van der Waals surface area contributed by atoms with Crippen molar-refractivity contribution >= 4 is 27.5 Å². The van der Waals surface area contributed by atoms with Crippen LogP contribution in [-0.2, 0) is 26.0 Å². The number of anilines is 1. The number of benzene rings is 2. The van der Waals surface area contributed by atoms with E-state index in [4.69, 9.17) is 0 Å². The van der Waals surface area contributed by atoms with Crippen LogP contribution in [0.5, 0.6) is 0 Å². The van der Waals surface area contributed by atoms with E-state index in [-0.39, 0.29) is 36.1 Å². The second kappa shape index (κ2) is 10.5. The van der Waals surface area contributed by atoms with E-state index in [2.05, 4.69) is 10.6 Å². The van der Waals surface area contributed by atoms with Crippen molar-refractivity contribution in [3.05, 3.63) is 59.7 Å². The van der Waals surface area contributed by atoms with Gasteiger partial charge in [0.25, 0.3) is 0 Å². The Morgan fingerprint density at radius 1 is 0.968 bits per heavy atom. The molecule has 0 aromatic heterocycles. The van der Waals surface area contributed by atoms with Crippen molar-refractivity contribution in [1.82, 2.24) is 9.62 Å². The molecule has 0 aliphatic carbocycles. The Hall–Kier alpha value is -2.71. The highest BCUT2D eigenvalue weighted by Crippen LogP contribution is 2.26. The van der Waals surface area contributed by atoms with E-state index in [9.17, 15) is 18.0 Å².